The molecule has 0 amide bonds. The van der Waals surface area contributed by atoms with Crippen LogP contribution in [-0.4, -0.2) is 37.5 Å². The molecule has 7 nitrogen and oxygen atoms in total. The number of para-hydroxylation sites is 2. The molecule has 0 saturated heterocycles. The summed E-state index contributed by atoms with van der Waals surface area (Å²) in [5, 5.41) is 4.99. The summed E-state index contributed by atoms with van der Waals surface area (Å²) in [4.78, 5) is 13.3. The van der Waals surface area contributed by atoms with Gasteiger partial charge in [-0.05, 0) is 30.7 Å². The molecule has 0 fully saturated rings. The van der Waals surface area contributed by atoms with Gasteiger partial charge in [0.25, 0.3) is 0 Å². The molecular weight excluding hydrogens is 446 g/mol. The Kier molecular flexibility index (Phi) is 6.67. The molecule has 5 rings (SSSR count). The van der Waals surface area contributed by atoms with E-state index < -0.39 is 0 Å². The molecule has 0 atom stereocenters. The normalized spacial score (nSPS) is 11.0. The molecule has 170 valence electrons. The van der Waals surface area contributed by atoms with E-state index in [2.05, 4.69) is 37.9 Å². The summed E-state index contributed by atoms with van der Waals surface area (Å²) in [6.07, 6.45) is 6.93. The van der Waals surface area contributed by atoms with Gasteiger partial charge in [0.1, 0.15) is 5.75 Å². The lowest BCUT2D eigenvalue weighted by atomic mass is 10.1. The molecule has 0 aliphatic carbocycles. The highest BCUT2D eigenvalue weighted by Crippen LogP contribution is 2.34. The van der Waals surface area contributed by atoms with E-state index in [4.69, 9.17) is 14.2 Å². The van der Waals surface area contributed by atoms with Gasteiger partial charge < -0.3 is 9.26 Å². The lowest BCUT2D eigenvalue weighted by Gasteiger charge is -2.15. The molecule has 3 aromatic heterocycles. The van der Waals surface area contributed by atoms with Crippen LogP contribution in [-0.2, 0) is 6.42 Å². The third kappa shape index (κ3) is 4.72. The first-order chi connectivity index (χ1) is 16.8. The quantitative estimate of drug-likeness (QED) is 0.202. The van der Waals surface area contributed by atoms with Gasteiger partial charge in [-0.15, -0.1) is 0 Å². The third-order valence-electron chi connectivity index (χ3n) is 5.30. The van der Waals surface area contributed by atoms with Crippen LogP contribution in [0.25, 0.3) is 28.3 Å². The van der Waals surface area contributed by atoms with Gasteiger partial charge in [-0.1, -0.05) is 59.4 Å². The van der Waals surface area contributed by atoms with Crippen LogP contribution < -0.4 is 4.74 Å². The Morgan fingerprint density at radius 3 is 2.56 bits per heavy atom. The SMILES string of the molecule is COc1ccccc1-n1c(-c2ccccc2)cnc1SCCCc1nc(-c2ccncc2)no1. The minimum Gasteiger partial charge on any atom is -0.495 e. The Morgan fingerprint density at radius 1 is 0.941 bits per heavy atom. The summed E-state index contributed by atoms with van der Waals surface area (Å²) in [6.45, 7) is 0. The predicted molar refractivity (Wildman–Crippen MR) is 132 cm³/mol. The molecule has 0 saturated carbocycles. The molecule has 34 heavy (non-hydrogen) atoms. The van der Waals surface area contributed by atoms with Crippen molar-refractivity contribution in [2.75, 3.05) is 12.9 Å². The van der Waals surface area contributed by atoms with Crippen molar-refractivity contribution in [1.82, 2.24) is 24.7 Å². The van der Waals surface area contributed by atoms with E-state index in [1.807, 2.05) is 54.7 Å². The zero-order chi connectivity index (χ0) is 23.2. The number of rotatable bonds is 9. The summed E-state index contributed by atoms with van der Waals surface area (Å²) in [5.74, 6) is 2.87. The van der Waals surface area contributed by atoms with Crippen LogP contribution in [0.2, 0.25) is 0 Å². The summed E-state index contributed by atoms with van der Waals surface area (Å²) >= 11 is 1.70. The van der Waals surface area contributed by atoms with Crippen molar-refractivity contribution >= 4 is 11.8 Å². The van der Waals surface area contributed by atoms with Crippen molar-refractivity contribution in [3.63, 3.8) is 0 Å². The topological polar surface area (TPSA) is 78.9 Å². The van der Waals surface area contributed by atoms with E-state index in [0.717, 1.165) is 45.6 Å². The second kappa shape index (κ2) is 10.4. The lowest BCUT2D eigenvalue weighted by Crippen LogP contribution is -2.02. The number of hydrogen-bond donors (Lipinski definition) is 0. The minimum absolute atomic E-state index is 0.587. The largest absolute Gasteiger partial charge is 0.495 e. The number of nitrogens with zero attached hydrogens (tertiary/aromatic N) is 5. The third-order valence-corrected chi connectivity index (χ3v) is 6.34. The van der Waals surface area contributed by atoms with Gasteiger partial charge in [-0.25, -0.2) is 4.98 Å². The number of aryl methyl sites for hydroxylation is 1. The van der Waals surface area contributed by atoms with Crippen molar-refractivity contribution < 1.29 is 9.26 Å². The molecule has 5 aromatic rings. The fraction of sp³-hybridized carbons (Fsp3) is 0.154. The number of imidazole rings is 1. The number of aromatic nitrogens is 5. The number of methoxy groups -OCH3 is 1. The van der Waals surface area contributed by atoms with Gasteiger partial charge in [-0.3, -0.25) is 9.55 Å². The fourth-order valence-electron chi connectivity index (χ4n) is 3.66. The molecule has 2 aromatic carbocycles. The minimum atomic E-state index is 0.587. The number of ether oxygens (including phenoxy) is 1. The Balaban J connectivity index is 1.32. The van der Waals surface area contributed by atoms with Crippen molar-refractivity contribution in [3.8, 4) is 34.1 Å². The van der Waals surface area contributed by atoms with Gasteiger partial charge in [0.15, 0.2) is 5.16 Å². The average molecular weight is 470 g/mol. The Hall–Kier alpha value is -3.91. The van der Waals surface area contributed by atoms with Crippen molar-refractivity contribution in [2.45, 2.75) is 18.0 Å². The van der Waals surface area contributed by atoms with Gasteiger partial charge >= 0.3 is 0 Å². The standard InChI is InChI=1S/C26H23N5O2S/c1-32-23-11-6-5-10-21(23)31-22(19-8-3-2-4-9-19)18-28-26(31)34-17-7-12-24-29-25(30-33-24)20-13-15-27-16-14-20/h2-6,8-11,13-16,18H,7,12,17H2,1H3. The van der Waals surface area contributed by atoms with Gasteiger partial charge in [-0.2, -0.15) is 4.98 Å². The molecule has 0 aliphatic rings. The van der Waals surface area contributed by atoms with Crippen LogP contribution in [0, 0.1) is 0 Å². The van der Waals surface area contributed by atoms with Crippen LogP contribution in [0.15, 0.2) is 95.0 Å². The predicted octanol–water partition coefficient (Wildman–Crippen LogP) is 5.72. The molecule has 0 bridgehead atoms. The zero-order valence-electron chi connectivity index (χ0n) is 18.7. The van der Waals surface area contributed by atoms with Crippen LogP contribution in [0.3, 0.4) is 0 Å². The number of benzene rings is 2. The first-order valence-corrected chi connectivity index (χ1v) is 11.9. The van der Waals surface area contributed by atoms with Crippen LogP contribution >= 0.6 is 11.8 Å². The van der Waals surface area contributed by atoms with E-state index >= 15 is 0 Å². The average Bonchev–Trinajstić information content (AvgIpc) is 3.55. The van der Waals surface area contributed by atoms with Gasteiger partial charge in [0.2, 0.25) is 11.7 Å². The summed E-state index contributed by atoms with van der Waals surface area (Å²) in [7, 11) is 1.69. The van der Waals surface area contributed by atoms with E-state index in [9.17, 15) is 0 Å². The molecule has 0 spiro atoms. The Morgan fingerprint density at radius 2 is 1.74 bits per heavy atom. The molecule has 3 heterocycles. The maximum atomic E-state index is 5.65. The highest BCUT2D eigenvalue weighted by atomic mass is 32.2. The van der Waals surface area contributed by atoms with Crippen molar-refractivity contribution in [3.05, 3.63) is 91.2 Å². The first kappa shape index (κ1) is 21.9. The van der Waals surface area contributed by atoms with Gasteiger partial charge in [0, 0.05) is 35.7 Å². The molecule has 0 radical (unpaired) electrons. The van der Waals surface area contributed by atoms with Crippen LogP contribution in [0.4, 0.5) is 0 Å². The van der Waals surface area contributed by atoms with E-state index in [0.29, 0.717) is 18.1 Å². The van der Waals surface area contributed by atoms with E-state index in [-0.39, 0.29) is 0 Å². The molecule has 0 unspecified atom stereocenters. The lowest BCUT2D eigenvalue weighted by molar-refractivity contribution is 0.378. The highest BCUT2D eigenvalue weighted by Gasteiger charge is 2.17. The highest BCUT2D eigenvalue weighted by molar-refractivity contribution is 7.99. The van der Waals surface area contributed by atoms with Crippen molar-refractivity contribution in [1.29, 1.82) is 0 Å². The number of hydrogen-bond acceptors (Lipinski definition) is 7. The Bertz CT molecular complexity index is 1350. The van der Waals surface area contributed by atoms with Crippen LogP contribution in [0.1, 0.15) is 12.3 Å². The van der Waals surface area contributed by atoms with Gasteiger partial charge in [0.05, 0.1) is 24.7 Å². The smallest absolute Gasteiger partial charge is 0.226 e. The summed E-state index contributed by atoms with van der Waals surface area (Å²) in [5.41, 5.74) is 3.98. The maximum absolute atomic E-state index is 5.65. The molecule has 0 N–H and O–H groups in total. The first-order valence-electron chi connectivity index (χ1n) is 11.0. The summed E-state index contributed by atoms with van der Waals surface area (Å²) < 4.78 is 13.2. The fourth-order valence-corrected chi connectivity index (χ4v) is 4.58. The van der Waals surface area contributed by atoms with E-state index in [1.165, 1.54) is 0 Å². The molecule has 8 heteroatoms. The number of thioether (sulfide) groups is 1. The maximum Gasteiger partial charge on any atom is 0.226 e. The second-order valence-electron chi connectivity index (χ2n) is 7.50. The monoisotopic (exact) mass is 469 g/mol. The van der Waals surface area contributed by atoms with Crippen LogP contribution in [0.5, 0.6) is 5.75 Å². The Labute approximate surface area is 201 Å². The second-order valence-corrected chi connectivity index (χ2v) is 8.56. The zero-order valence-corrected chi connectivity index (χ0v) is 19.5. The van der Waals surface area contributed by atoms with Crippen molar-refractivity contribution in [2.24, 2.45) is 0 Å². The molecule has 0 aliphatic heterocycles. The molecular formula is C26H23N5O2S. The number of pyridine rings is 1. The summed E-state index contributed by atoms with van der Waals surface area (Å²) in [6, 6.07) is 22.0. The van der Waals surface area contributed by atoms with E-state index in [1.54, 1.807) is 31.3 Å².